The number of unbranched alkanes of at least 4 members (excludes halogenated alkanes) is 1. The summed E-state index contributed by atoms with van der Waals surface area (Å²) >= 11 is 1.67. The number of allylic oxidation sites excluding steroid dienone is 1. The Hall–Kier alpha value is -2.99. The molecular weight excluding hydrogens is 382 g/mol. The van der Waals surface area contributed by atoms with Crippen molar-refractivity contribution in [2.24, 2.45) is 0 Å². The number of carboxylic acids is 1. The standard InChI is InChI=1S/C23H25N3O2S/c1-4-6-7-8-18-13-14-20(29-18)22-24-15(3)19(5-2)21(26-22)25-17-11-9-16(10-12-17)23(27)28/h7-14H,4-6H2,1-3H3,(H,27,28)(H,24,25,26). The Balaban J connectivity index is 1.91. The second kappa shape index (κ2) is 9.47. The molecule has 0 aliphatic carbocycles. The van der Waals surface area contributed by atoms with Gasteiger partial charge in [-0.15, -0.1) is 11.3 Å². The molecule has 0 bridgehead atoms. The van der Waals surface area contributed by atoms with Gasteiger partial charge < -0.3 is 10.4 Å². The van der Waals surface area contributed by atoms with Crippen molar-refractivity contribution in [1.82, 2.24) is 9.97 Å². The fourth-order valence-corrected chi connectivity index (χ4v) is 3.87. The van der Waals surface area contributed by atoms with Crippen LogP contribution in [0.1, 0.15) is 53.2 Å². The highest BCUT2D eigenvalue weighted by atomic mass is 32.1. The third kappa shape index (κ3) is 5.09. The number of nitrogens with one attached hydrogen (secondary N) is 1. The Bertz CT molecular complexity index is 1020. The summed E-state index contributed by atoms with van der Waals surface area (Å²) in [6.45, 7) is 6.24. The van der Waals surface area contributed by atoms with Crippen molar-refractivity contribution in [2.75, 3.05) is 5.32 Å². The van der Waals surface area contributed by atoms with Gasteiger partial charge in [0.1, 0.15) is 5.82 Å². The van der Waals surface area contributed by atoms with Gasteiger partial charge in [-0.2, -0.15) is 0 Å². The molecule has 0 atom stereocenters. The van der Waals surface area contributed by atoms with Crippen LogP contribution in [-0.2, 0) is 6.42 Å². The van der Waals surface area contributed by atoms with E-state index >= 15 is 0 Å². The van der Waals surface area contributed by atoms with Crippen molar-refractivity contribution in [3.05, 3.63) is 64.2 Å². The zero-order valence-corrected chi connectivity index (χ0v) is 17.7. The van der Waals surface area contributed by atoms with Crippen LogP contribution < -0.4 is 5.32 Å². The Kier molecular flexibility index (Phi) is 6.77. The SMILES string of the molecule is CCCC=Cc1ccc(-c2nc(C)c(CC)c(Nc3ccc(C(=O)O)cc3)n2)s1. The highest BCUT2D eigenvalue weighted by Crippen LogP contribution is 2.30. The van der Waals surface area contributed by atoms with E-state index in [2.05, 4.69) is 43.4 Å². The highest BCUT2D eigenvalue weighted by molar-refractivity contribution is 7.16. The normalized spacial score (nSPS) is 11.1. The molecule has 2 N–H and O–H groups in total. The maximum Gasteiger partial charge on any atom is 0.335 e. The monoisotopic (exact) mass is 407 g/mol. The van der Waals surface area contributed by atoms with Gasteiger partial charge in [0.2, 0.25) is 0 Å². The first-order valence-corrected chi connectivity index (χ1v) is 10.6. The average Bonchev–Trinajstić information content (AvgIpc) is 3.17. The summed E-state index contributed by atoms with van der Waals surface area (Å²) in [5, 5.41) is 12.4. The second-order valence-electron chi connectivity index (χ2n) is 6.71. The largest absolute Gasteiger partial charge is 0.478 e. The van der Waals surface area contributed by atoms with Gasteiger partial charge in [-0.25, -0.2) is 14.8 Å². The Morgan fingerprint density at radius 1 is 1.14 bits per heavy atom. The highest BCUT2D eigenvalue weighted by Gasteiger charge is 2.14. The third-order valence-corrected chi connectivity index (χ3v) is 5.59. The van der Waals surface area contributed by atoms with Gasteiger partial charge in [-0.05, 0) is 62.2 Å². The van der Waals surface area contributed by atoms with Crippen LogP contribution in [0, 0.1) is 6.92 Å². The summed E-state index contributed by atoms with van der Waals surface area (Å²) < 4.78 is 0. The Morgan fingerprint density at radius 3 is 2.55 bits per heavy atom. The van der Waals surface area contributed by atoms with Crippen LogP contribution in [0.5, 0.6) is 0 Å². The van der Waals surface area contributed by atoms with E-state index in [1.807, 2.05) is 6.92 Å². The predicted octanol–water partition coefficient (Wildman–Crippen LogP) is 6.33. The molecule has 0 fully saturated rings. The molecule has 150 valence electrons. The number of aromatic carboxylic acids is 1. The van der Waals surface area contributed by atoms with Crippen LogP contribution in [0.15, 0.2) is 42.5 Å². The maximum absolute atomic E-state index is 11.1. The molecular formula is C23H25N3O2S. The number of aromatic nitrogens is 2. The van der Waals surface area contributed by atoms with Crippen molar-refractivity contribution in [2.45, 2.75) is 40.0 Å². The smallest absolute Gasteiger partial charge is 0.335 e. The van der Waals surface area contributed by atoms with Gasteiger partial charge in [0.25, 0.3) is 0 Å². The number of benzene rings is 1. The van der Waals surface area contributed by atoms with E-state index in [1.54, 1.807) is 35.6 Å². The summed E-state index contributed by atoms with van der Waals surface area (Å²) in [5.41, 5.74) is 3.05. The number of nitrogens with zero attached hydrogens (tertiary/aromatic N) is 2. The van der Waals surface area contributed by atoms with Crippen molar-refractivity contribution >= 4 is 34.9 Å². The maximum atomic E-state index is 11.1. The van der Waals surface area contributed by atoms with Crippen molar-refractivity contribution in [3.8, 4) is 10.7 Å². The molecule has 0 aliphatic heterocycles. The molecule has 0 amide bonds. The summed E-state index contributed by atoms with van der Waals surface area (Å²) in [6, 6.07) is 10.8. The van der Waals surface area contributed by atoms with E-state index < -0.39 is 5.97 Å². The number of rotatable bonds is 8. The molecule has 1 aromatic carbocycles. The summed E-state index contributed by atoms with van der Waals surface area (Å²) in [4.78, 5) is 22.8. The number of thiophene rings is 1. The minimum absolute atomic E-state index is 0.257. The number of aryl methyl sites for hydroxylation is 1. The molecule has 29 heavy (non-hydrogen) atoms. The van der Waals surface area contributed by atoms with Gasteiger partial charge in [-0.1, -0.05) is 26.3 Å². The van der Waals surface area contributed by atoms with Crippen LogP contribution in [-0.4, -0.2) is 21.0 Å². The van der Waals surface area contributed by atoms with E-state index in [0.29, 0.717) is 5.82 Å². The van der Waals surface area contributed by atoms with Crippen LogP contribution in [0.2, 0.25) is 0 Å². The molecule has 0 unspecified atom stereocenters. The van der Waals surface area contributed by atoms with Crippen molar-refractivity contribution in [1.29, 1.82) is 0 Å². The van der Waals surface area contributed by atoms with Crippen LogP contribution in [0.4, 0.5) is 11.5 Å². The second-order valence-corrected chi connectivity index (χ2v) is 7.83. The number of hydrogen-bond donors (Lipinski definition) is 2. The molecule has 0 saturated carbocycles. The Morgan fingerprint density at radius 2 is 1.90 bits per heavy atom. The lowest BCUT2D eigenvalue weighted by molar-refractivity contribution is 0.0697. The number of anilines is 2. The minimum atomic E-state index is -0.938. The average molecular weight is 408 g/mol. The summed E-state index contributed by atoms with van der Waals surface area (Å²) in [7, 11) is 0. The fourth-order valence-electron chi connectivity index (χ4n) is 2.99. The van der Waals surface area contributed by atoms with Gasteiger partial charge in [0.05, 0.1) is 10.4 Å². The van der Waals surface area contributed by atoms with Gasteiger partial charge >= 0.3 is 5.97 Å². The molecule has 0 spiro atoms. The van der Waals surface area contributed by atoms with Crippen LogP contribution in [0.3, 0.4) is 0 Å². The first-order chi connectivity index (χ1) is 14.0. The zero-order valence-electron chi connectivity index (χ0n) is 16.9. The zero-order chi connectivity index (χ0) is 20.8. The minimum Gasteiger partial charge on any atom is -0.478 e. The van der Waals surface area contributed by atoms with E-state index in [1.165, 1.54) is 4.88 Å². The quantitative estimate of drug-likeness (QED) is 0.456. The van der Waals surface area contributed by atoms with E-state index in [-0.39, 0.29) is 5.56 Å². The molecule has 0 saturated heterocycles. The lowest BCUT2D eigenvalue weighted by Crippen LogP contribution is -2.05. The molecule has 2 aromatic heterocycles. The topological polar surface area (TPSA) is 75.1 Å². The molecule has 0 radical (unpaired) electrons. The molecule has 6 heteroatoms. The number of hydrogen-bond acceptors (Lipinski definition) is 5. The summed E-state index contributed by atoms with van der Waals surface area (Å²) in [6.07, 6.45) is 7.35. The molecule has 0 aliphatic rings. The lowest BCUT2D eigenvalue weighted by Gasteiger charge is -2.13. The molecule has 5 nitrogen and oxygen atoms in total. The number of carbonyl (C=O) groups is 1. The van der Waals surface area contributed by atoms with E-state index in [4.69, 9.17) is 15.1 Å². The molecule has 3 aromatic rings. The van der Waals surface area contributed by atoms with Crippen LogP contribution in [0.25, 0.3) is 16.8 Å². The van der Waals surface area contributed by atoms with Crippen LogP contribution >= 0.6 is 11.3 Å². The molecule has 3 rings (SSSR count). The van der Waals surface area contributed by atoms with E-state index in [0.717, 1.165) is 46.9 Å². The number of carboxylic acid groups (broad SMARTS) is 1. The van der Waals surface area contributed by atoms with Crippen molar-refractivity contribution < 1.29 is 9.90 Å². The van der Waals surface area contributed by atoms with Gasteiger partial charge in [0.15, 0.2) is 5.82 Å². The van der Waals surface area contributed by atoms with E-state index in [9.17, 15) is 4.79 Å². The Labute approximate surface area is 175 Å². The first kappa shape index (κ1) is 20.7. The van der Waals surface area contributed by atoms with Gasteiger partial charge in [-0.3, -0.25) is 0 Å². The van der Waals surface area contributed by atoms with Crippen molar-refractivity contribution in [3.63, 3.8) is 0 Å². The predicted molar refractivity (Wildman–Crippen MR) is 120 cm³/mol. The fraction of sp³-hybridized carbons (Fsp3) is 0.261. The van der Waals surface area contributed by atoms with Gasteiger partial charge in [0, 0.05) is 21.8 Å². The molecule has 2 heterocycles. The first-order valence-electron chi connectivity index (χ1n) is 9.76. The third-order valence-electron chi connectivity index (χ3n) is 4.55. The lowest BCUT2D eigenvalue weighted by atomic mass is 10.1. The summed E-state index contributed by atoms with van der Waals surface area (Å²) in [5.74, 6) is 0.520.